The molecule has 0 saturated heterocycles. The van der Waals surface area contributed by atoms with Crippen LogP contribution in [0.4, 0.5) is 5.69 Å². The van der Waals surface area contributed by atoms with Crippen molar-refractivity contribution in [2.45, 2.75) is 73.0 Å². The van der Waals surface area contributed by atoms with Crippen molar-refractivity contribution in [2.75, 3.05) is 5.32 Å². The summed E-state index contributed by atoms with van der Waals surface area (Å²) in [5.41, 5.74) is 1.36. The molecule has 3 aromatic rings. The Balaban J connectivity index is 1.78. The maximum atomic E-state index is 12.7. The lowest BCUT2D eigenvalue weighted by Gasteiger charge is -2.12. The van der Waals surface area contributed by atoms with Gasteiger partial charge in [-0.2, -0.15) is 0 Å². The van der Waals surface area contributed by atoms with Gasteiger partial charge >= 0.3 is 5.69 Å². The first-order valence-electron chi connectivity index (χ1n) is 12.0. The second-order valence-corrected chi connectivity index (χ2v) is 9.13. The van der Waals surface area contributed by atoms with E-state index in [2.05, 4.69) is 20.6 Å². The van der Waals surface area contributed by atoms with Crippen LogP contribution in [0.15, 0.2) is 33.9 Å². The van der Waals surface area contributed by atoms with Crippen molar-refractivity contribution >= 4 is 28.7 Å². The molecule has 0 fully saturated rings. The predicted octanol–water partition coefficient (Wildman–Crippen LogP) is 2.55. The average Bonchev–Trinajstić information content (AvgIpc) is 3.13. The van der Waals surface area contributed by atoms with E-state index in [1.54, 1.807) is 6.07 Å². The fourth-order valence-corrected chi connectivity index (χ4v) is 3.97. The average molecular weight is 483 g/mol. The normalized spacial score (nSPS) is 11.2. The zero-order valence-corrected chi connectivity index (χ0v) is 20.8. The molecular formula is C25H34N6O4. The third kappa shape index (κ3) is 6.68. The van der Waals surface area contributed by atoms with E-state index in [0.29, 0.717) is 48.7 Å². The van der Waals surface area contributed by atoms with Gasteiger partial charge < -0.3 is 15.2 Å². The Hall–Kier alpha value is -3.69. The van der Waals surface area contributed by atoms with Gasteiger partial charge in [-0.15, -0.1) is 0 Å². The van der Waals surface area contributed by atoms with Crippen LogP contribution in [0, 0.1) is 5.92 Å². The summed E-state index contributed by atoms with van der Waals surface area (Å²) in [5, 5.41) is 5.62. The molecule has 2 amide bonds. The molecule has 0 aliphatic heterocycles. The van der Waals surface area contributed by atoms with Gasteiger partial charge in [-0.05, 0) is 30.0 Å². The van der Waals surface area contributed by atoms with Crippen LogP contribution in [0.2, 0.25) is 0 Å². The standard InChI is InChI=1S/C25H34N6O4/c1-5-6-12-30-23-22(24(34)29-25(30)35)31(15-16(2)3)20(28-23)10-11-21(33)26-14-18-8-7-9-19(13-18)27-17(4)32/h7-9,13,16H,5-6,10-12,14-15H2,1-4H3,(H,26,33)(H,27,32)(H,29,34,35). The number of H-pyrrole nitrogens is 1. The molecule has 10 nitrogen and oxygen atoms in total. The number of unbranched alkanes of at least 4 members (excludes halogenated alkanes) is 1. The fourth-order valence-electron chi connectivity index (χ4n) is 3.97. The number of hydrogen-bond acceptors (Lipinski definition) is 5. The molecule has 0 saturated carbocycles. The van der Waals surface area contributed by atoms with Gasteiger partial charge in [-0.25, -0.2) is 9.78 Å². The highest BCUT2D eigenvalue weighted by atomic mass is 16.2. The lowest BCUT2D eigenvalue weighted by molar-refractivity contribution is -0.121. The number of benzene rings is 1. The molecule has 188 valence electrons. The number of hydrogen-bond donors (Lipinski definition) is 3. The number of aromatic nitrogens is 4. The van der Waals surface area contributed by atoms with Crippen LogP contribution >= 0.6 is 0 Å². The second kappa shape index (κ2) is 11.6. The molecule has 0 aliphatic carbocycles. The molecule has 35 heavy (non-hydrogen) atoms. The Labute approximate surface area is 203 Å². The van der Waals surface area contributed by atoms with Gasteiger partial charge in [0.15, 0.2) is 11.2 Å². The van der Waals surface area contributed by atoms with Gasteiger partial charge in [0.1, 0.15) is 5.82 Å². The minimum atomic E-state index is -0.462. The lowest BCUT2D eigenvalue weighted by Crippen LogP contribution is -2.31. The Morgan fingerprint density at radius 3 is 2.63 bits per heavy atom. The van der Waals surface area contributed by atoms with Gasteiger partial charge in [0.2, 0.25) is 11.8 Å². The van der Waals surface area contributed by atoms with Crippen molar-refractivity contribution in [3.8, 4) is 0 Å². The number of carbonyl (C=O) groups excluding carboxylic acids is 2. The van der Waals surface area contributed by atoms with Crippen LogP contribution in [0.5, 0.6) is 0 Å². The summed E-state index contributed by atoms with van der Waals surface area (Å²) in [6.45, 7) is 8.91. The van der Waals surface area contributed by atoms with Gasteiger partial charge in [0, 0.05) is 45.1 Å². The summed E-state index contributed by atoms with van der Waals surface area (Å²) in [4.78, 5) is 56.1. The Morgan fingerprint density at radius 2 is 1.94 bits per heavy atom. The molecule has 0 radical (unpaired) electrons. The molecule has 10 heteroatoms. The summed E-state index contributed by atoms with van der Waals surface area (Å²) in [6.07, 6.45) is 2.21. The highest BCUT2D eigenvalue weighted by molar-refractivity contribution is 5.88. The minimum absolute atomic E-state index is 0.157. The van der Waals surface area contributed by atoms with E-state index in [1.807, 2.05) is 43.5 Å². The number of carbonyl (C=O) groups is 2. The topological polar surface area (TPSA) is 131 Å². The highest BCUT2D eigenvalue weighted by Crippen LogP contribution is 2.16. The van der Waals surface area contributed by atoms with Crippen molar-refractivity contribution in [1.29, 1.82) is 0 Å². The summed E-state index contributed by atoms with van der Waals surface area (Å²) in [6, 6.07) is 7.28. The maximum absolute atomic E-state index is 12.7. The number of anilines is 1. The van der Waals surface area contributed by atoms with Crippen LogP contribution in [-0.2, 0) is 35.6 Å². The molecule has 3 N–H and O–H groups in total. The first-order chi connectivity index (χ1) is 16.7. The molecule has 1 aromatic carbocycles. The molecular weight excluding hydrogens is 448 g/mol. The zero-order chi connectivity index (χ0) is 25.5. The number of imidazole rings is 1. The summed E-state index contributed by atoms with van der Waals surface area (Å²) >= 11 is 0. The number of nitrogens with one attached hydrogen (secondary N) is 3. The quantitative estimate of drug-likeness (QED) is 0.387. The van der Waals surface area contributed by atoms with E-state index in [1.165, 1.54) is 11.5 Å². The summed E-state index contributed by atoms with van der Waals surface area (Å²) in [5.74, 6) is 0.536. The molecule has 2 heterocycles. The highest BCUT2D eigenvalue weighted by Gasteiger charge is 2.19. The first-order valence-corrected chi connectivity index (χ1v) is 12.0. The number of rotatable bonds is 11. The number of fused-ring (bicyclic) bond motifs is 1. The molecule has 0 aliphatic rings. The number of aryl methyl sites for hydroxylation is 2. The fraction of sp³-hybridized carbons (Fsp3) is 0.480. The molecule has 3 rings (SSSR count). The molecule has 2 aromatic heterocycles. The minimum Gasteiger partial charge on any atom is -0.352 e. The lowest BCUT2D eigenvalue weighted by atomic mass is 10.2. The van der Waals surface area contributed by atoms with Crippen molar-refractivity contribution in [1.82, 2.24) is 24.4 Å². The first kappa shape index (κ1) is 25.9. The summed E-state index contributed by atoms with van der Waals surface area (Å²) < 4.78 is 3.35. The third-order valence-corrected chi connectivity index (χ3v) is 5.56. The van der Waals surface area contributed by atoms with E-state index < -0.39 is 11.2 Å². The molecule has 0 spiro atoms. The largest absolute Gasteiger partial charge is 0.352 e. The Morgan fingerprint density at radius 1 is 1.17 bits per heavy atom. The zero-order valence-electron chi connectivity index (χ0n) is 20.8. The smallest absolute Gasteiger partial charge is 0.330 e. The van der Waals surface area contributed by atoms with Crippen LogP contribution in [0.1, 0.15) is 58.3 Å². The number of aromatic amines is 1. The van der Waals surface area contributed by atoms with Crippen molar-refractivity contribution in [3.63, 3.8) is 0 Å². The van der Waals surface area contributed by atoms with E-state index in [0.717, 1.165) is 18.4 Å². The SMILES string of the molecule is CCCCn1c(=O)[nH]c(=O)c2c1nc(CCC(=O)NCc1cccc(NC(C)=O)c1)n2CC(C)C. The molecule has 0 unspecified atom stereocenters. The predicted molar refractivity (Wildman–Crippen MR) is 135 cm³/mol. The molecule has 0 bridgehead atoms. The number of nitrogens with zero attached hydrogens (tertiary/aromatic N) is 3. The van der Waals surface area contributed by atoms with Crippen molar-refractivity contribution in [2.24, 2.45) is 5.92 Å². The van der Waals surface area contributed by atoms with E-state index >= 15 is 0 Å². The summed E-state index contributed by atoms with van der Waals surface area (Å²) in [7, 11) is 0. The van der Waals surface area contributed by atoms with Crippen LogP contribution < -0.4 is 21.9 Å². The van der Waals surface area contributed by atoms with Crippen molar-refractivity contribution < 1.29 is 9.59 Å². The maximum Gasteiger partial charge on any atom is 0.330 e. The van der Waals surface area contributed by atoms with Crippen LogP contribution in [-0.4, -0.2) is 30.9 Å². The van der Waals surface area contributed by atoms with E-state index in [9.17, 15) is 19.2 Å². The van der Waals surface area contributed by atoms with Gasteiger partial charge in [-0.1, -0.05) is 39.3 Å². The van der Waals surface area contributed by atoms with Gasteiger partial charge in [0.05, 0.1) is 0 Å². The molecule has 0 atom stereocenters. The van der Waals surface area contributed by atoms with Crippen molar-refractivity contribution in [3.05, 3.63) is 56.5 Å². The van der Waals surface area contributed by atoms with Crippen LogP contribution in [0.25, 0.3) is 11.2 Å². The van der Waals surface area contributed by atoms with E-state index in [-0.39, 0.29) is 24.2 Å². The van der Waals surface area contributed by atoms with Crippen LogP contribution in [0.3, 0.4) is 0 Å². The van der Waals surface area contributed by atoms with E-state index in [4.69, 9.17) is 0 Å². The third-order valence-electron chi connectivity index (χ3n) is 5.56. The Bertz CT molecular complexity index is 1320. The van der Waals surface area contributed by atoms with Gasteiger partial charge in [-0.3, -0.25) is 23.9 Å². The Kier molecular flexibility index (Phi) is 8.62. The number of amides is 2. The monoisotopic (exact) mass is 482 g/mol. The second-order valence-electron chi connectivity index (χ2n) is 9.13. The van der Waals surface area contributed by atoms with Gasteiger partial charge in [0.25, 0.3) is 5.56 Å².